The number of carbonyl (C=O) groups is 3. The van der Waals surface area contributed by atoms with Gasteiger partial charge in [0.1, 0.15) is 13.2 Å². The summed E-state index contributed by atoms with van der Waals surface area (Å²) in [7, 11) is 5.97. The monoisotopic (exact) mass is 947 g/mol. The first kappa shape index (κ1) is 64.5. The number of allylic oxidation sites excluding steroid dienone is 6. The Morgan fingerprint density at radius 1 is 0.448 bits per heavy atom. The van der Waals surface area contributed by atoms with E-state index in [1.165, 1.54) is 167 Å². The lowest BCUT2D eigenvalue weighted by Crippen LogP contribution is -2.40. The van der Waals surface area contributed by atoms with Crippen LogP contribution >= 0.6 is 0 Å². The molecule has 1 N–H and O–H groups in total. The lowest BCUT2D eigenvalue weighted by Gasteiger charge is -2.25. The second kappa shape index (κ2) is 49.9. The van der Waals surface area contributed by atoms with Gasteiger partial charge in [-0.3, -0.25) is 9.59 Å². The maximum absolute atomic E-state index is 12.8. The van der Waals surface area contributed by atoms with Gasteiger partial charge in [-0.15, -0.1) is 0 Å². The van der Waals surface area contributed by atoms with Gasteiger partial charge in [0.05, 0.1) is 34.4 Å². The number of carbonyl (C=O) groups excluding carboxylic acids is 2. The highest BCUT2D eigenvalue weighted by molar-refractivity contribution is 5.71. The molecule has 0 bridgehead atoms. The summed E-state index contributed by atoms with van der Waals surface area (Å²) >= 11 is 0. The van der Waals surface area contributed by atoms with Crippen molar-refractivity contribution in [1.82, 2.24) is 0 Å². The Morgan fingerprint density at radius 2 is 0.806 bits per heavy atom. The van der Waals surface area contributed by atoms with Crippen LogP contribution in [0.2, 0.25) is 0 Å². The van der Waals surface area contributed by atoms with E-state index in [-0.39, 0.29) is 32.2 Å². The zero-order valence-corrected chi connectivity index (χ0v) is 44.6. The number of carboxylic acid groups (broad SMARTS) is 1. The first-order valence-electron chi connectivity index (χ1n) is 28.2. The summed E-state index contributed by atoms with van der Waals surface area (Å²) < 4.78 is 22.9. The maximum Gasteiger partial charge on any atom is 0.361 e. The molecule has 0 aromatic carbocycles. The fourth-order valence-corrected chi connectivity index (χ4v) is 8.02. The Balaban J connectivity index is 4.29. The molecule has 0 spiro atoms. The van der Waals surface area contributed by atoms with Gasteiger partial charge in [-0.05, 0) is 51.4 Å². The van der Waals surface area contributed by atoms with Crippen molar-refractivity contribution in [1.29, 1.82) is 0 Å². The van der Waals surface area contributed by atoms with Crippen LogP contribution < -0.4 is 0 Å². The molecule has 392 valence electrons. The number of hydrogen-bond acceptors (Lipinski definition) is 7. The van der Waals surface area contributed by atoms with Crippen LogP contribution in [0.25, 0.3) is 0 Å². The molecule has 0 rings (SSSR count). The highest BCUT2D eigenvalue weighted by atomic mass is 16.7. The zero-order valence-electron chi connectivity index (χ0n) is 44.6. The summed E-state index contributed by atoms with van der Waals surface area (Å²) in [6.07, 6.45) is 56.4. The summed E-state index contributed by atoms with van der Waals surface area (Å²) in [4.78, 5) is 37.4. The van der Waals surface area contributed by atoms with Crippen LogP contribution in [0.15, 0.2) is 36.5 Å². The zero-order chi connectivity index (χ0) is 49.2. The van der Waals surface area contributed by atoms with Crippen molar-refractivity contribution in [2.45, 2.75) is 270 Å². The fraction of sp³-hybridized carbons (Fsp3) is 0.845. The summed E-state index contributed by atoms with van der Waals surface area (Å²) in [6.45, 7) is 4.89. The Labute approximate surface area is 413 Å². The minimum atomic E-state index is -1.51. The number of esters is 2. The molecular formula is C58H108NO8+. The molecule has 0 heterocycles. The number of likely N-dealkylation sites (N-methyl/N-ethyl adjacent to an activating group) is 1. The summed E-state index contributed by atoms with van der Waals surface area (Å²) in [5, 5.41) is 9.69. The molecule has 0 aliphatic carbocycles. The van der Waals surface area contributed by atoms with Crippen molar-refractivity contribution in [2.75, 3.05) is 47.5 Å². The van der Waals surface area contributed by atoms with E-state index in [9.17, 15) is 19.5 Å². The van der Waals surface area contributed by atoms with Gasteiger partial charge >= 0.3 is 17.9 Å². The van der Waals surface area contributed by atoms with Crippen molar-refractivity contribution >= 4 is 17.9 Å². The number of ether oxygens (including phenoxy) is 4. The average molecular weight is 948 g/mol. The van der Waals surface area contributed by atoms with Crippen LogP contribution in [0.4, 0.5) is 0 Å². The summed E-state index contributed by atoms with van der Waals surface area (Å²) in [5.74, 6) is -2.01. The Hall–Kier alpha value is -2.49. The first-order valence-corrected chi connectivity index (χ1v) is 28.2. The molecule has 0 aliphatic rings. The third-order valence-electron chi connectivity index (χ3n) is 12.4. The summed E-state index contributed by atoms with van der Waals surface area (Å²) in [5.41, 5.74) is 0. The highest BCUT2D eigenvalue weighted by Gasteiger charge is 2.25. The van der Waals surface area contributed by atoms with E-state index in [1.54, 1.807) is 0 Å². The van der Waals surface area contributed by atoms with Crippen molar-refractivity contribution < 1.29 is 42.9 Å². The van der Waals surface area contributed by atoms with Gasteiger partial charge in [0, 0.05) is 12.8 Å². The van der Waals surface area contributed by atoms with Crippen LogP contribution in [0.3, 0.4) is 0 Å². The Kier molecular flexibility index (Phi) is 48.1. The molecule has 0 aliphatic heterocycles. The largest absolute Gasteiger partial charge is 0.477 e. The van der Waals surface area contributed by atoms with Crippen molar-refractivity contribution in [3.05, 3.63) is 36.5 Å². The minimum absolute atomic E-state index is 0.184. The second-order valence-corrected chi connectivity index (χ2v) is 20.3. The average Bonchev–Trinajstić information content (AvgIpc) is 3.29. The van der Waals surface area contributed by atoms with E-state index in [0.717, 1.165) is 57.8 Å². The van der Waals surface area contributed by atoms with Crippen LogP contribution in [-0.2, 0) is 33.3 Å². The molecule has 0 radical (unpaired) electrons. The molecule has 0 aromatic heterocycles. The second-order valence-electron chi connectivity index (χ2n) is 20.3. The predicted molar refractivity (Wildman–Crippen MR) is 281 cm³/mol. The van der Waals surface area contributed by atoms with Crippen LogP contribution in [0.1, 0.15) is 258 Å². The Bertz CT molecular complexity index is 1190. The lowest BCUT2D eigenvalue weighted by atomic mass is 10.0. The topological polar surface area (TPSA) is 108 Å². The summed E-state index contributed by atoms with van der Waals surface area (Å²) in [6, 6.07) is 0. The van der Waals surface area contributed by atoms with Crippen LogP contribution in [0, 0.1) is 0 Å². The molecule has 0 aromatic rings. The SMILES string of the molecule is CCCCCCC/C=C\C/C=C\C/C=C\CCCCCCCCC(=O)OC(COC(=O)CCCCCCCCCCCCCCCCCCCCCCC)COC(OCC[N+](C)(C)C)C(=O)O. The van der Waals surface area contributed by atoms with E-state index in [1.807, 2.05) is 21.1 Å². The fourth-order valence-electron chi connectivity index (χ4n) is 8.02. The van der Waals surface area contributed by atoms with Crippen molar-refractivity contribution in [3.8, 4) is 0 Å². The van der Waals surface area contributed by atoms with Gasteiger partial charge in [-0.2, -0.15) is 0 Å². The van der Waals surface area contributed by atoms with Crippen molar-refractivity contribution in [2.24, 2.45) is 0 Å². The predicted octanol–water partition coefficient (Wildman–Crippen LogP) is 16.1. The Morgan fingerprint density at radius 3 is 1.19 bits per heavy atom. The standard InChI is InChI=1S/C58H107NO8/c1-6-8-10-12-14-16-18-20-22-24-26-28-30-32-34-36-38-40-42-44-46-48-55(60)65-52-54(53-66-58(57(62)63)64-51-50-59(3,4)5)67-56(61)49-47-45-43-41-39-37-35-33-31-29-27-25-23-21-19-17-15-13-11-9-7-2/h19,21,25,27,31,33,54,58H,6-18,20,22-24,26,28-30,32,34-53H2,1-5H3/p+1/b21-19-,27-25-,33-31-. The van der Waals surface area contributed by atoms with Gasteiger partial charge < -0.3 is 28.5 Å². The molecule has 67 heavy (non-hydrogen) atoms. The van der Waals surface area contributed by atoms with Gasteiger partial charge in [0.25, 0.3) is 6.29 Å². The van der Waals surface area contributed by atoms with Gasteiger partial charge in [0.2, 0.25) is 0 Å². The quantitative estimate of drug-likeness (QED) is 0.0211. The first-order chi connectivity index (χ1) is 32.6. The van der Waals surface area contributed by atoms with Crippen LogP contribution in [-0.4, -0.2) is 87.4 Å². The molecule has 9 heteroatoms. The third-order valence-corrected chi connectivity index (χ3v) is 12.4. The number of aliphatic carboxylic acids is 1. The van der Waals surface area contributed by atoms with Gasteiger partial charge in [-0.1, -0.05) is 230 Å². The molecule has 9 nitrogen and oxygen atoms in total. The van der Waals surface area contributed by atoms with E-state index in [0.29, 0.717) is 23.9 Å². The maximum atomic E-state index is 12.8. The number of carboxylic acids is 1. The molecule has 0 amide bonds. The lowest BCUT2D eigenvalue weighted by molar-refractivity contribution is -0.870. The molecule has 2 atom stereocenters. The number of rotatable bonds is 52. The third kappa shape index (κ3) is 51.2. The van der Waals surface area contributed by atoms with E-state index in [4.69, 9.17) is 18.9 Å². The molecule has 2 unspecified atom stereocenters. The van der Waals surface area contributed by atoms with E-state index < -0.39 is 24.3 Å². The molecule has 0 saturated heterocycles. The van der Waals surface area contributed by atoms with Gasteiger partial charge in [-0.25, -0.2) is 4.79 Å². The highest BCUT2D eigenvalue weighted by Crippen LogP contribution is 2.17. The normalized spacial score (nSPS) is 13.0. The van der Waals surface area contributed by atoms with Crippen molar-refractivity contribution in [3.63, 3.8) is 0 Å². The number of quaternary nitrogens is 1. The number of nitrogens with zero attached hydrogens (tertiary/aromatic N) is 1. The minimum Gasteiger partial charge on any atom is -0.477 e. The molecule has 0 saturated carbocycles. The molecule has 0 fully saturated rings. The van der Waals surface area contributed by atoms with Crippen LogP contribution in [0.5, 0.6) is 0 Å². The smallest absolute Gasteiger partial charge is 0.361 e. The van der Waals surface area contributed by atoms with Gasteiger partial charge in [0.15, 0.2) is 6.10 Å². The number of unbranched alkanes of at least 4 members (excludes halogenated alkanes) is 31. The molecular weight excluding hydrogens is 839 g/mol. The number of hydrogen-bond donors (Lipinski definition) is 1. The van der Waals surface area contributed by atoms with E-state index in [2.05, 4.69) is 50.3 Å². The van der Waals surface area contributed by atoms with E-state index >= 15 is 0 Å².